The zero-order chi connectivity index (χ0) is 14.5. The van der Waals surface area contributed by atoms with Gasteiger partial charge in [-0.25, -0.2) is 0 Å². The van der Waals surface area contributed by atoms with Crippen molar-refractivity contribution in [3.8, 4) is 5.75 Å². The molecule has 1 N–H and O–H groups in total. The van der Waals surface area contributed by atoms with E-state index >= 15 is 0 Å². The summed E-state index contributed by atoms with van der Waals surface area (Å²) in [4.78, 5) is 12.1. The first kappa shape index (κ1) is 14.4. The highest BCUT2D eigenvalue weighted by molar-refractivity contribution is 6.30. The molecule has 2 aromatic rings. The van der Waals surface area contributed by atoms with Gasteiger partial charge in [-0.1, -0.05) is 23.7 Å². The lowest BCUT2D eigenvalue weighted by atomic mass is 10.1. The van der Waals surface area contributed by atoms with Crippen LogP contribution in [-0.2, 0) is 0 Å². The number of benzene rings is 2. The van der Waals surface area contributed by atoms with Gasteiger partial charge in [-0.3, -0.25) is 4.79 Å². The zero-order valence-corrected chi connectivity index (χ0v) is 12.1. The maximum atomic E-state index is 12.1. The highest BCUT2D eigenvalue weighted by Gasteiger charge is 2.11. The van der Waals surface area contributed by atoms with Gasteiger partial charge in [0.15, 0.2) is 0 Å². The summed E-state index contributed by atoms with van der Waals surface area (Å²) < 4.78 is 5.07. The van der Waals surface area contributed by atoms with Crippen LogP contribution >= 0.6 is 11.6 Å². The molecule has 0 saturated carbocycles. The first-order valence-corrected chi connectivity index (χ1v) is 6.68. The smallest absolute Gasteiger partial charge is 0.251 e. The maximum Gasteiger partial charge on any atom is 0.251 e. The Hall–Kier alpha value is -2.00. The van der Waals surface area contributed by atoms with E-state index in [1.807, 2.05) is 31.2 Å². The van der Waals surface area contributed by atoms with Crippen LogP contribution in [0.4, 0.5) is 0 Å². The van der Waals surface area contributed by atoms with Gasteiger partial charge in [-0.05, 0) is 48.9 Å². The van der Waals surface area contributed by atoms with Crippen molar-refractivity contribution in [1.82, 2.24) is 5.32 Å². The molecule has 0 unspecified atom stereocenters. The van der Waals surface area contributed by atoms with Gasteiger partial charge in [0.05, 0.1) is 13.2 Å². The fourth-order valence-corrected chi connectivity index (χ4v) is 1.98. The van der Waals surface area contributed by atoms with Crippen LogP contribution < -0.4 is 10.1 Å². The Morgan fingerprint density at radius 3 is 2.25 bits per heavy atom. The number of methoxy groups -OCH3 is 1. The average molecular weight is 290 g/mol. The van der Waals surface area contributed by atoms with Crippen LogP contribution in [0, 0.1) is 0 Å². The highest BCUT2D eigenvalue weighted by Crippen LogP contribution is 2.17. The molecule has 20 heavy (non-hydrogen) atoms. The van der Waals surface area contributed by atoms with E-state index in [1.54, 1.807) is 31.4 Å². The first-order chi connectivity index (χ1) is 9.60. The van der Waals surface area contributed by atoms with Crippen molar-refractivity contribution in [2.75, 3.05) is 7.11 Å². The standard InChI is InChI=1S/C16H16ClNO2/c1-11(12-3-7-14(17)8-4-12)18-16(19)13-5-9-15(20-2)10-6-13/h3-11H,1-2H3,(H,18,19)/t11-/m0/s1. The summed E-state index contributed by atoms with van der Waals surface area (Å²) >= 11 is 5.85. The largest absolute Gasteiger partial charge is 0.497 e. The molecule has 0 heterocycles. The molecule has 2 aromatic carbocycles. The van der Waals surface area contributed by atoms with Gasteiger partial charge in [-0.2, -0.15) is 0 Å². The van der Waals surface area contributed by atoms with E-state index in [-0.39, 0.29) is 11.9 Å². The minimum absolute atomic E-state index is 0.0816. The van der Waals surface area contributed by atoms with Gasteiger partial charge in [-0.15, -0.1) is 0 Å². The van der Waals surface area contributed by atoms with Crippen LogP contribution in [0.25, 0.3) is 0 Å². The molecule has 1 atom stereocenters. The summed E-state index contributed by atoms with van der Waals surface area (Å²) in [5.74, 6) is 0.613. The molecule has 0 aromatic heterocycles. The van der Waals surface area contributed by atoms with Gasteiger partial charge in [0, 0.05) is 10.6 Å². The number of hydrogen-bond donors (Lipinski definition) is 1. The van der Waals surface area contributed by atoms with Gasteiger partial charge >= 0.3 is 0 Å². The third-order valence-corrected chi connectivity index (χ3v) is 3.32. The van der Waals surface area contributed by atoms with Crippen molar-refractivity contribution < 1.29 is 9.53 Å². The Kier molecular flexibility index (Phi) is 4.64. The van der Waals surface area contributed by atoms with E-state index in [2.05, 4.69) is 5.32 Å². The van der Waals surface area contributed by atoms with E-state index in [9.17, 15) is 4.79 Å². The Labute approximate surface area is 123 Å². The third kappa shape index (κ3) is 3.52. The molecule has 0 fully saturated rings. The minimum atomic E-state index is -0.116. The number of amides is 1. The minimum Gasteiger partial charge on any atom is -0.497 e. The van der Waals surface area contributed by atoms with Crippen molar-refractivity contribution >= 4 is 17.5 Å². The summed E-state index contributed by atoms with van der Waals surface area (Å²) in [7, 11) is 1.59. The predicted octanol–water partition coefficient (Wildman–Crippen LogP) is 3.84. The van der Waals surface area contributed by atoms with Crippen molar-refractivity contribution in [3.63, 3.8) is 0 Å². The number of ether oxygens (including phenoxy) is 1. The quantitative estimate of drug-likeness (QED) is 0.929. The van der Waals surface area contributed by atoms with Crippen LogP contribution in [0.1, 0.15) is 28.9 Å². The molecule has 0 saturated heterocycles. The summed E-state index contributed by atoms with van der Waals surface area (Å²) in [6.07, 6.45) is 0. The molecule has 0 aliphatic rings. The van der Waals surface area contributed by atoms with Crippen LogP contribution in [0.5, 0.6) is 5.75 Å². The van der Waals surface area contributed by atoms with Gasteiger partial charge < -0.3 is 10.1 Å². The second-order valence-electron chi connectivity index (χ2n) is 4.48. The molecule has 0 spiro atoms. The predicted molar refractivity (Wildman–Crippen MR) is 80.3 cm³/mol. The molecule has 0 aliphatic carbocycles. The van der Waals surface area contributed by atoms with Crippen molar-refractivity contribution in [1.29, 1.82) is 0 Å². The Bertz CT molecular complexity index is 578. The molecule has 2 rings (SSSR count). The number of rotatable bonds is 4. The van der Waals surface area contributed by atoms with Crippen molar-refractivity contribution in [3.05, 3.63) is 64.7 Å². The molecule has 0 bridgehead atoms. The molecule has 4 heteroatoms. The van der Waals surface area contributed by atoms with Crippen molar-refractivity contribution in [2.24, 2.45) is 0 Å². The van der Waals surface area contributed by atoms with Crippen LogP contribution in [0.2, 0.25) is 5.02 Å². The molecule has 1 amide bonds. The number of carbonyl (C=O) groups excluding carboxylic acids is 1. The van der Waals surface area contributed by atoms with Crippen molar-refractivity contribution in [2.45, 2.75) is 13.0 Å². The SMILES string of the molecule is COc1ccc(C(=O)N[C@@H](C)c2ccc(Cl)cc2)cc1. The number of hydrogen-bond acceptors (Lipinski definition) is 2. The summed E-state index contributed by atoms with van der Waals surface area (Å²) in [5, 5.41) is 3.63. The lowest BCUT2D eigenvalue weighted by Gasteiger charge is -2.14. The monoisotopic (exact) mass is 289 g/mol. The second kappa shape index (κ2) is 6.44. The average Bonchev–Trinajstić information content (AvgIpc) is 2.48. The third-order valence-electron chi connectivity index (χ3n) is 3.07. The lowest BCUT2D eigenvalue weighted by molar-refractivity contribution is 0.0940. The van der Waals surface area contributed by atoms with Crippen LogP contribution in [0.3, 0.4) is 0 Å². The fraction of sp³-hybridized carbons (Fsp3) is 0.188. The molecule has 3 nitrogen and oxygen atoms in total. The normalized spacial score (nSPS) is 11.8. The molecular weight excluding hydrogens is 274 g/mol. The van der Waals surface area contributed by atoms with E-state index in [1.165, 1.54) is 0 Å². The molecule has 0 radical (unpaired) electrons. The van der Waals surface area contributed by atoms with Gasteiger partial charge in [0.1, 0.15) is 5.75 Å². The maximum absolute atomic E-state index is 12.1. The van der Waals surface area contributed by atoms with E-state index < -0.39 is 0 Å². The fourth-order valence-electron chi connectivity index (χ4n) is 1.86. The molecule has 0 aliphatic heterocycles. The molecule has 104 valence electrons. The summed E-state index contributed by atoms with van der Waals surface area (Å²) in [6, 6.07) is 14.4. The second-order valence-corrected chi connectivity index (χ2v) is 4.91. The molecular formula is C16H16ClNO2. The summed E-state index contributed by atoms with van der Waals surface area (Å²) in [6.45, 7) is 1.94. The first-order valence-electron chi connectivity index (χ1n) is 6.30. The van der Waals surface area contributed by atoms with E-state index in [0.717, 1.165) is 11.3 Å². The Morgan fingerprint density at radius 2 is 1.70 bits per heavy atom. The van der Waals surface area contributed by atoms with Crippen LogP contribution in [-0.4, -0.2) is 13.0 Å². The number of nitrogens with one attached hydrogen (secondary N) is 1. The topological polar surface area (TPSA) is 38.3 Å². The van der Waals surface area contributed by atoms with Crippen LogP contribution in [0.15, 0.2) is 48.5 Å². The summed E-state index contributed by atoms with van der Waals surface area (Å²) in [5.41, 5.74) is 1.61. The zero-order valence-electron chi connectivity index (χ0n) is 11.4. The highest BCUT2D eigenvalue weighted by atomic mass is 35.5. The number of halogens is 1. The van der Waals surface area contributed by atoms with Gasteiger partial charge in [0.25, 0.3) is 5.91 Å². The Morgan fingerprint density at radius 1 is 1.10 bits per heavy atom. The van der Waals surface area contributed by atoms with Gasteiger partial charge in [0.2, 0.25) is 0 Å². The lowest BCUT2D eigenvalue weighted by Crippen LogP contribution is -2.26. The van der Waals surface area contributed by atoms with E-state index in [0.29, 0.717) is 10.6 Å². The number of carbonyl (C=O) groups is 1. The Balaban J connectivity index is 2.04. The van der Waals surface area contributed by atoms with E-state index in [4.69, 9.17) is 16.3 Å².